The zero-order valence-electron chi connectivity index (χ0n) is 16.1. The summed E-state index contributed by atoms with van der Waals surface area (Å²) < 4.78 is 17.6. The fourth-order valence-electron chi connectivity index (χ4n) is 2.19. The Balaban J connectivity index is 5.08. The molecule has 0 unspecified atom stereocenters. The van der Waals surface area contributed by atoms with Crippen molar-refractivity contribution in [3.8, 4) is 0 Å². The minimum Gasteiger partial charge on any atom is -0.408 e. The van der Waals surface area contributed by atoms with Gasteiger partial charge in [0.2, 0.25) is 0 Å². The molecule has 0 N–H and O–H groups in total. The lowest BCUT2D eigenvalue weighted by Crippen LogP contribution is -2.48. The predicted molar refractivity (Wildman–Crippen MR) is 97.7 cm³/mol. The van der Waals surface area contributed by atoms with Gasteiger partial charge in [0.05, 0.1) is 12.2 Å². The number of ether oxygens (including phenoxy) is 2. The molecular weight excluding hydrogens is 292 g/mol. The van der Waals surface area contributed by atoms with Gasteiger partial charge in [0.1, 0.15) is 6.79 Å². The van der Waals surface area contributed by atoms with E-state index in [0.717, 1.165) is 6.42 Å². The van der Waals surface area contributed by atoms with Gasteiger partial charge in [-0.1, -0.05) is 53.5 Å². The van der Waals surface area contributed by atoms with E-state index < -0.39 is 8.32 Å². The van der Waals surface area contributed by atoms with Crippen molar-refractivity contribution in [3.05, 3.63) is 12.7 Å². The van der Waals surface area contributed by atoms with Crippen molar-refractivity contribution in [2.24, 2.45) is 5.92 Å². The average molecular weight is 331 g/mol. The third-order valence-corrected chi connectivity index (χ3v) is 9.22. The van der Waals surface area contributed by atoms with Gasteiger partial charge in [0, 0.05) is 7.11 Å². The van der Waals surface area contributed by atoms with Gasteiger partial charge in [0.25, 0.3) is 0 Å². The molecule has 132 valence electrons. The Bertz CT molecular complexity index is 310. The molecule has 0 amide bonds. The highest BCUT2D eigenvalue weighted by molar-refractivity contribution is 6.74. The Hall–Kier alpha value is -0.163. The van der Waals surface area contributed by atoms with Crippen LogP contribution in [-0.4, -0.2) is 34.4 Å². The smallest absolute Gasteiger partial charge is 0.193 e. The molecule has 0 saturated carbocycles. The van der Waals surface area contributed by atoms with Gasteiger partial charge in [-0.15, -0.1) is 6.58 Å². The lowest BCUT2D eigenvalue weighted by Gasteiger charge is -2.41. The summed E-state index contributed by atoms with van der Waals surface area (Å²) in [7, 11) is -0.202. The van der Waals surface area contributed by atoms with E-state index in [0.29, 0.717) is 12.7 Å². The van der Waals surface area contributed by atoms with E-state index in [-0.39, 0.29) is 17.2 Å². The van der Waals surface area contributed by atoms with Gasteiger partial charge in [-0.25, -0.2) is 0 Å². The summed E-state index contributed by atoms with van der Waals surface area (Å²) in [5.41, 5.74) is 0. The molecule has 0 spiro atoms. The highest BCUT2D eigenvalue weighted by Crippen LogP contribution is 2.38. The molecule has 0 rings (SSSR count). The molecular formula is C18H38O3Si. The molecule has 0 aliphatic heterocycles. The normalized spacial score (nSPS) is 17.1. The van der Waals surface area contributed by atoms with Crippen molar-refractivity contribution in [3.63, 3.8) is 0 Å². The topological polar surface area (TPSA) is 27.7 Å². The summed E-state index contributed by atoms with van der Waals surface area (Å²) in [5.74, 6) is 0.419. The van der Waals surface area contributed by atoms with Crippen molar-refractivity contribution in [2.75, 3.05) is 13.9 Å². The summed E-state index contributed by atoms with van der Waals surface area (Å²) >= 11 is 0. The van der Waals surface area contributed by atoms with Crippen LogP contribution in [0.4, 0.5) is 0 Å². The molecule has 0 aromatic carbocycles. The number of hydrogen-bond donors (Lipinski definition) is 0. The van der Waals surface area contributed by atoms with E-state index in [9.17, 15) is 0 Å². The molecule has 0 saturated heterocycles. The van der Waals surface area contributed by atoms with Gasteiger partial charge in [-0.3, -0.25) is 0 Å². The zero-order chi connectivity index (χ0) is 17.4. The van der Waals surface area contributed by atoms with Crippen LogP contribution >= 0.6 is 0 Å². The fourth-order valence-corrected chi connectivity index (χ4v) is 3.45. The Morgan fingerprint density at radius 1 is 1.23 bits per heavy atom. The van der Waals surface area contributed by atoms with Crippen LogP contribution in [0.1, 0.15) is 53.9 Å². The lowest BCUT2D eigenvalue weighted by atomic mass is 9.94. The molecule has 0 bridgehead atoms. The molecule has 0 aliphatic carbocycles. The van der Waals surface area contributed by atoms with Crippen LogP contribution in [0.25, 0.3) is 0 Å². The summed E-state index contributed by atoms with van der Waals surface area (Å²) in [4.78, 5) is 0. The van der Waals surface area contributed by atoms with E-state index in [1.54, 1.807) is 7.11 Å². The van der Waals surface area contributed by atoms with Crippen molar-refractivity contribution >= 4 is 8.32 Å². The largest absolute Gasteiger partial charge is 0.408 e. The van der Waals surface area contributed by atoms with Gasteiger partial charge in [0.15, 0.2) is 8.32 Å². The first-order chi connectivity index (χ1) is 10.1. The Morgan fingerprint density at radius 3 is 2.23 bits per heavy atom. The Kier molecular flexibility index (Phi) is 9.79. The number of rotatable bonds is 11. The number of methoxy groups -OCH3 is 1. The van der Waals surface area contributed by atoms with Gasteiger partial charge < -0.3 is 13.9 Å². The lowest BCUT2D eigenvalue weighted by molar-refractivity contribution is -0.118. The van der Waals surface area contributed by atoms with Crippen LogP contribution in [0.2, 0.25) is 18.1 Å². The molecule has 0 aliphatic rings. The zero-order valence-corrected chi connectivity index (χ0v) is 17.1. The van der Waals surface area contributed by atoms with Crippen LogP contribution in [0, 0.1) is 5.92 Å². The van der Waals surface area contributed by atoms with E-state index in [2.05, 4.69) is 54.3 Å². The second kappa shape index (κ2) is 9.86. The molecule has 0 radical (unpaired) electrons. The molecule has 0 heterocycles. The first-order valence-electron chi connectivity index (χ1n) is 8.51. The van der Waals surface area contributed by atoms with Crippen LogP contribution in [0.3, 0.4) is 0 Å². The monoisotopic (exact) mass is 330 g/mol. The maximum atomic E-state index is 6.55. The number of unbranched alkanes of at least 4 members (excludes halogenated alkanes) is 1. The van der Waals surface area contributed by atoms with Gasteiger partial charge in [-0.2, -0.15) is 0 Å². The van der Waals surface area contributed by atoms with E-state index in [4.69, 9.17) is 13.9 Å². The van der Waals surface area contributed by atoms with Crippen LogP contribution < -0.4 is 0 Å². The van der Waals surface area contributed by atoms with E-state index >= 15 is 0 Å². The fraction of sp³-hybridized carbons (Fsp3) is 0.889. The van der Waals surface area contributed by atoms with Crippen molar-refractivity contribution in [1.29, 1.82) is 0 Å². The van der Waals surface area contributed by atoms with Crippen molar-refractivity contribution < 1.29 is 13.9 Å². The number of hydrogen-bond acceptors (Lipinski definition) is 3. The predicted octanol–water partition coefficient (Wildman–Crippen LogP) is 5.38. The van der Waals surface area contributed by atoms with Crippen molar-refractivity contribution in [2.45, 2.75) is 84.2 Å². The van der Waals surface area contributed by atoms with Crippen LogP contribution in [0.15, 0.2) is 12.7 Å². The van der Waals surface area contributed by atoms with E-state index in [1.165, 1.54) is 12.8 Å². The quantitative estimate of drug-likeness (QED) is 0.289. The minimum atomic E-state index is -1.86. The van der Waals surface area contributed by atoms with E-state index in [1.807, 2.05) is 6.08 Å². The molecule has 0 fully saturated rings. The Morgan fingerprint density at radius 2 is 1.82 bits per heavy atom. The standard InChI is InChI=1S/C18H38O3Si/c1-10-12-13-15(3)17(20-14-19-7)16(11-2)21-22(8,9)18(4,5)6/h11,15-17H,2,10,12-14H2,1,3-9H3/t15-,16+,17+/m0/s1. The molecule has 4 heteroatoms. The second-order valence-corrected chi connectivity index (χ2v) is 12.5. The van der Waals surface area contributed by atoms with Crippen molar-refractivity contribution in [1.82, 2.24) is 0 Å². The minimum absolute atomic E-state index is 0.00174. The Labute approximate surface area is 139 Å². The highest BCUT2D eigenvalue weighted by Gasteiger charge is 2.41. The summed E-state index contributed by atoms with van der Waals surface area (Å²) in [6, 6.07) is 0. The average Bonchev–Trinajstić information content (AvgIpc) is 2.42. The second-order valence-electron chi connectivity index (χ2n) is 7.74. The van der Waals surface area contributed by atoms with Gasteiger partial charge >= 0.3 is 0 Å². The SMILES string of the molecule is C=C[C@@H](O[Si](C)(C)C(C)(C)C)[C@H](OCOC)[C@@H](C)CCCC. The van der Waals surface area contributed by atoms with Gasteiger partial charge in [-0.05, 0) is 30.5 Å². The first-order valence-corrected chi connectivity index (χ1v) is 11.4. The molecule has 3 atom stereocenters. The molecule has 22 heavy (non-hydrogen) atoms. The molecule has 0 aromatic rings. The maximum Gasteiger partial charge on any atom is 0.193 e. The molecule has 0 aromatic heterocycles. The van der Waals surface area contributed by atoms with Crippen LogP contribution in [0.5, 0.6) is 0 Å². The summed E-state index contributed by atoms with van der Waals surface area (Å²) in [6.45, 7) is 20.1. The first kappa shape index (κ1) is 21.8. The molecule has 3 nitrogen and oxygen atoms in total. The third kappa shape index (κ3) is 6.94. The maximum absolute atomic E-state index is 6.55. The summed E-state index contributed by atoms with van der Waals surface area (Å²) in [6.07, 6.45) is 5.36. The summed E-state index contributed by atoms with van der Waals surface area (Å²) in [5, 5.41) is 0.173. The third-order valence-electron chi connectivity index (χ3n) is 4.75. The van der Waals surface area contributed by atoms with Crippen LogP contribution in [-0.2, 0) is 13.9 Å². The highest BCUT2D eigenvalue weighted by atomic mass is 28.4.